The van der Waals surface area contributed by atoms with Gasteiger partial charge >= 0.3 is 0 Å². The van der Waals surface area contributed by atoms with Gasteiger partial charge in [-0.15, -0.1) is 0 Å². The Morgan fingerprint density at radius 3 is 2.42 bits per heavy atom. The number of nitrogens with zero attached hydrogens (tertiary/aromatic N) is 2. The van der Waals surface area contributed by atoms with Crippen LogP contribution in [0, 0.1) is 0 Å². The molecule has 2 heterocycles. The number of benzene rings is 2. The number of rotatable bonds is 4. The van der Waals surface area contributed by atoms with Gasteiger partial charge in [0.2, 0.25) is 11.7 Å². The van der Waals surface area contributed by atoms with E-state index in [2.05, 4.69) is 21.4 Å². The summed E-state index contributed by atoms with van der Waals surface area (Å²) in [6.07, 6.45) is 0. The highest BCUT2D eigenvalue weighted by molar-refractivity contribution is 6.13. The molecule has 0 bridgehead atoms. The molecule has 0 saturated carbocycles. The number of guanidine groups is 1. The van der Waals surface area contributed by atoms with Crippen LogP contribution in [0.15, 0.2) is 46.4 Å². The molecule has 0 radical (unpaired) electrons. The fourth-order valence-electron chi connectivity index (χ4n) is 3.64. The molecule has 2 aliphatic heterocycles. The van der Waals surface area contributed by atoms with Gasteiger partial charge in [-0.05, 0) is 23.8 Å². The topological polar surface area (TPSA) is 90.5 Å². The lowest BCUT2D eigenvalue weighted by Crippen LogP contribution is -2.28. The van der Waals surface area contributed by atoms with Crippen molar-refractivity contribution in [3.8, 4) is 17.2 Å². The lowest BCUT2D eigenvalue weighted by atomic mass is 9.86. The molecule has 2 atom stereocenters. The number of anilines is 1. The van der Waals surface area contributed by atoms with Gasteiger partial charge in [-0.3, -0.25) is 0 Å². The van der Waals surface area contributed by atoms with Crippen LogP contribution in [-0.2, 0) is 0 Å². The van der Waals surface area contributed by atoms with Crippen LogP contribution in [0.2, 0.25) is 0 Å². The van der Waals surface area contributed by atoms with E-state index in [-0.39, 0.29) is 17.9 Å². The minimum atomic E-state index is -0.284. The van der Waals surface area contributed by atoms with Crippen LogP contribution in [0.3, 0.4) is 0 Å². The van der Waals surface area contributed by atoms with Gasteiger partial charge < -0.3 is 25.3 Å². The standard InChI is InChI=1S/C19H20N4O3/c1-24-13-9-8-11(16(25-2)17(13)26-3)15-14-10-6-4-5-7-12(10)21-18(14)23-19(20)22-15/h4-9,14-15H,1-3H3,(H3,20,21,22,23). The van der Waals surface area contributed by atoms with E-state index < -0.39 is 0 Å². The number of para-hydroxylation sites is 1. The second-order valence-electron chi connectivity index (χ2n) is 6.04. The Labute approximate surface area is 151 Å². The minimum Gasteiger partial charge on any atom is -0.493 e. The minimum absolute atomic E-state index is 0.0644. The van der Waals surface area contributed by atoms with Gasteiger partial charge in [-0.2, -0.15) is 4.99 Å². The predicted octanol–water partition coefficient (Wildman–Crippen LogP) is 2.69. The number of nitrogens with one attached hydrogen (secondary N) is 1. The van der Waals surface area contributed by atoms with E-state index in [0.29, 0.717) is 17.2 Å². The summed E-state index contributed by atoms with van der Waals surface area (Å²) in [4.78, 5) is 9.03. The molecular weight excluding hydrogens is 332 g/mol. The van der Waals surface area contributed by atoms with Crippen molar-refractivity contribution in [3.05, 3.63) is 47.5 Å². The average molecular weight is 352 g/mol. The number of ether oxygens (including phenoxy) is 3. The van der Waals surface area contributed by atoms with E-state index in [9.17, 15) is 0 Å². The number of amidine groups is 1. The SMILES string of the molecule is COc1ccc(C2N=C(N)N=C3Nc4ccccc4C32)c(OC)c1OC. The first-order chi connectivity index (χ1) is 12.7. The number of methoxy groups -OCH3 is 3. The fourth-order valence-corrected chi connectivity index (χ4v) is 3.64. The monoisotopic (exact) mass is 352 g/mol. The molecule has 2 aliphatic rings. The summed E-state index contributed by atoms with van der Waals surface area (Å²) in [6.45, 7) is 0. The van der Waals surface area contributed by atoms with E-state index in [1.165, 1.54) is 0 Å². The quantitative estimate of drug-likeness (QED) is 0.883. The molecule has 134 valence electrons. The molecule has 0 amide bonds. The first kappa shape index (κ1) is 16.3. The van der Waals surface area contributed by atoms with Crippen molar-refractivity contribution in [3.63, 3.8) is 0 Å². The molecule has 4 rings (SSSR count). The number of nitrogens with two attached hydrogens (primary N) is 1. The summed E-state index contributed by atoms with van der Waals surface area (Å²) in [5.74, 6) is 2.67. The Morgan fingerprint density at radius 1 is 0.923 bits per heavy atom. The van der Waals surface area contributed by atoms with Crippen molar-refractivity contribution in [1.82, 2.24) is 0 Å². The summed E-state index contributed by atoms with van der Waals surface area (Å²) >= 11 is 0. The largest absolute Gasteiger partial charge is 0.493 e. The lowest BCUT2D eigenvalue weighted by molar-refractivity contribution is 0.320. The third kappa shape index (κ3) is 2.35. The van der Waals surface area contributed by atoms with E-state index in [0.717, 1.165) is 22.6 Å². The highest BCUT2D eigenvalue weighted by atomic mass is 16.5. The second kappa shape index (κ2) is 6.25. The maximum absolute atomic E-state index is 6.00. The van der Waals surface area contributed by atoms with Crippen molar-refractivity contribution >= 4 is 17.5 Å². The Kier molecular flexibility index (Phi) is 3.91. The molecule has 0 saturated heterocycles. The predicted molar refractivity (Wildman–Crippen MR) is 101 cm³/mol. The van der Waals surface area contributed by atoms with Crippen molar-refractivity contribution in [2.24, 2.45) is 15.7 Å². The Bertz CT molecular complexity index is 923. The first-order valence-corrected chi connectivity index (χ1v) is 8.24. The Hall–Kier alpha value is -3.22. The van der Waals surface area contributed by atoms with Crippen LogP contribution >= 0.6 is 0 Å². The number of hydrogen-bond donors (Lipinski definition) is 2. The van der Waals surface area contributed by atoms with Gasteiger partial charge in [0.15, 0.2) is 11.5 Å². The third-order valence-electron chi connectivity index (χ3n) is 4.73. The van der Waals surface area contributed by atoms with E-state index in [4.69, 9.17) is 19.9 Å². The molecule has 0 fully saturated rings. The molecule has 7 heteroatoms. The van der Waals surface area contributed by atoms with E-state index in [1.807, 2.05) is 30.3 Å². The summed E-state index contributed by atoms with van der Waals surface area (Å²) in [5, 5.41) is 3.35. The molecule has 0 aromatic heterocycles. The van der Waals surface area contributed by atoms with Crippen LogP contribution < -0.4 is 25.3 Å². The van der Waals surface area contributed by atoms with Gasteiger partial charge in [0.05, 0.1) is 33.3 Å². The molecule has 0 spiro atoms. The van der Waals surface area contributed by atoms with Gasteiger partial charge in [0.25, 0.3) is 0 Å². The zero-order valence-electron chi connectivity index (χ0n) is 14.8. The smallest absolute Gasteiger partial charge is 0.217 e. The summed E-state index contributed by atoms with van der Waals surface area (Å²) in [7, 11) is 4.78. The fraction of sp³-hybridized carbons (Fsp3) is 0.263. The third-order valence-corrected chi connectivity index (χ3v) is 4.73. The van der Waals surface area contributed by atoms with Crippen LogP contribution in [0.5, 0.6) is 17.2 Å². The highest BCUT2D eigenvalue weighted by Crippen LogP contribution is 2.50. The van der Waals surface area contributed by atoms with Gasteiger partial charge in [-0.25, -0.2) is 4.99 Å². The van der Waals surface area contributed by atoms with E-state index in [1.54, 1.807) is 21.3 Å². The van der Waals surface area contributed by atoms with Crippen LogP contribution in [0.1, 0.15) is 23.1 Å². The Morgan fingerprint density at radius 2 is 1.69 bits per heavy atom. The highest BCUT2D eigenvalue weighted by Gasteiger charge is 2.40. The van der Waals surface area contributed by atoms with Crippen molar-refractivity contribution < 1.29 is 14.2 Å². The van der Waals surface area contributed by atoms with Gasteiger partial charge in [0.1, 0.15) is 5.84 Å². The molecule has 26 heavy (non-hydrogen) atoms. The van der Waals surface area contributed by atoms with Crippen molar-refractivity contribution in [1.29, 1.82) is 0 Å². The number of hydrogen-bond acceptors (Lipinski definition) is 7. The molecular formula is C19H20N4O3. The molecule has 0 aliphatic carbocycles. The molecule has 2 aromatic carbocycles. The summed E-state index contributed by atoms with van der Waals surface area (Å²) < 4.78 is 16.6. The average Bonchev–Trinajstić information content (AvgIpc) is 3.03. The molecule has 2 aromatic rings. The van der Waals surface area contributed by atoms with Crippen molar-refractivity contribution in [2.45, 2.75) is 12.0 Å². The zero-order chi connectivity index (χ0) is 18.3. The van der Waals surface area contributed by atoms with Gasteiger partial charge in [-0.1, -0.05) is 18.2 Å². The van der Waals surface area contributed by atoms with Gasteiger partial charge in [0, 0.05) is 11.3 Å². The molecule has 3 N–H and O–H groups in total. The number of aliphatic imine (C=N–C) groups is 2. The molecule has 7 nitrogen and oxygen atoms in total. The second-order valence-corrected chi connectivity index (χ2v) is 6.04. The first-order valence-electron chi connectivity index (χ1n) is 8.24. The van der Waals surface area contributed by atoms with Crippen LogP contribution in [0.4, 0.5) is 5.69 Å². The maximum atomic E-state index is 6.00. The normalized spacial score (nSPS) is 20.3. The summed E-state index contributed by atoms with van der Waals surface area (Å²) in [6, 6.07) is 11.6. The molecule has 2 unspecified atom stereocenters. The number of fused-ring (bicyclic) bond motifs is 3. The van der Waals surface area contributed by atoms with E-state index >= 15 is 0 Å². The maximum Gasteiger partial charge on any atom is 0.217 e. The Balaban J connectivity index is 1.89. The van der Waals surface area contributed by atoms with Crippen LogP contribution in [-0.4, -0.2) is 33.1 Å². The van der Waals surface area contributed by atoms with Crippen LogP contribution in [0.25, 0.3) is 0 Å². The zero-order valence-corrected chi connectivity index (χ0v) is 14.8. The summed E-state index contributed by atoms with van der Waals surface area (Å²) in [5.41, 5.74) is 9.01. The lowest BCUT2D eigenvalue weighted by Gasteiger charge is -2.27. The van der Waals surface area contributed by atoms with Crippen molar-refractivity contribution in [2.75, 3.05) is 26.6 Å².